The zero-order chi connectivity index (χ0) is 24.1. The minimum Gasteiger partial charge on any atom is -0.464 e. The molecule has 1 aliphatic carbocycles. The number of nitrogens with zero attached hydrogens (tertiary/aromatic N) is 1. The zero-order valence-corrected chi connectivity index (χ0v) is 18.7. The predicted octanol–water partition coefficient (Wildman–Crippen LogP) is 3.19. The Kier molecular flexibility index (Phi) is 7.20. The summed E-state index contributed by atoms with van der Waals surface area (Å²) in [6.45, 7) is 0.311. The van der Waals surface area contributed by atoms with Gasteiger partial charge in [0.1, 0.15) is 18.4 Å². The van der Waals surface area contributed by atoms with Gasteiger partial charge in [0.25, 0.3) is 0 Å². The summed E-state index contributed by atoms with van der Waals surface area (Å²) in [6, 6.07) is 19.1. The van der Waals surface area contributed by atoms with Crippen LogP contribution in [0.2, 0.25) is 0 Å². The van der Waals surface area contributed by atoms with Gasteiger partial charge in [-0.15, -0.1) is 0 Å². The SMILES string of the molecule is COC(=O)c1ccc(C(O)C(O)CCNC(=O)OCC2c3ccccc3-c3ccccc32)cn1. The molecular weight excluding hydrogens is 436 g/mol. The van der Waals surface area contributed by atoms with E-state index in [1.807, 2.05) is 36.4 Å². The first kappa shape index (κ1) is 23.4. The summed E-state index contributed by atoms with van der Waals surface area (Å²) in [5, 5.41) is 23.2. The van der Waals surface area contributed by atoms with Crippen molar-refractivity contribution in [3.8, 4) is 11.1 Å². The van der Waals surface area contributed by atoms with Crippen LogP contribution in [0, 0.1) is 0 Å². The highest BCUT2D eigenvalue weighted by Gasteiger charge is 2.29. The Morgan fingerprint density at radius 1 is 1.00 bits per heavy atom. The van der Waals surface area contributed by atoms with Gasteiger partial charge >= 0.3 is 12.1 Å². The first-order chi connectivity index (χ1) is 16.5. The number of methoxy groups -OCH3 is 1. The van der Waals surface area contributed by atoms with Crippen LogP contribution in [-0.4, -0.2) is 53.6 Å². The molecule has 2 atom stereocenters. The summed E-state index contributed by atoms with van der Waals surface area (Å²) in [5.74, 6) is -0.625. The molecule has 0 bridgehead atoms. The molecule has 0 saturated carbocycles. The van der Waals surface area contributed by atoms with Gasteiger partial charge in [-0.3, -0.25) is 0 Å². The second-order valence-electron chi connectivity index (χ2n) is 8.02. The molecule has 2 aromatic carbocycles. The van der Waals surface area contributed by atoms with Gasteiger partial charge in [-0.1, -0.05) is 54.6 Å². The van der Waals surface area contributed by atoms with Crippen molar-refractivity contribution in [1.82, 2.24) is 10.3 Å². The van der Waals surface area contributed by atoms with Gasteiger partial charge in [0, 0.05) is 24.2 Å². The number of hydrogen-bond acceptors (Lipinski definition) is 7. The number of nitrogens with one attached hydrogen (secondary N) is 1. The molecule has 0 aliphatic heterocycles. The Balaban J connectivity index is 1.26. The number of pyridine rings is 1. The molecule has 0 fully saturated rings. The number of esters is 1. The van der Waals surface area contributed by atoms with Gasteiger partial charge in [0.2, 0.25) is 0 Å². The van der Waals surface area contributed by atoms with Crippen molar-refractivity contribution in [2.75, 3.05) is 20.3 Å². The lowest BCUT2D eigenvalue weighted by atomic mass is 9.98. The molecule has 3 aromatic rings. The fourth-order valence-corrected chi connectivity index (χ4v) is 4.16. The fourth-order valence-electron chi connectivity index (χ4n) is 4.16. The largest absolute Gasteiger partial charge is 0.464 e. The highest BCUT2D eigenvalue weighted by molar-refractivity contribution is 5.87. The van der Waals surface area contributed by atoms with Crippen LogP contribution in [0.15, 0.2) is 66.9 Å². The number of ether oxygens (including phenoxy) is 2. The topological polar surface area (TPSA) is 118 Å². The Morgan fingerprint density at radius 2 is 1.65 bits per heavy atom. The van der Waals surface area contributed by atoms with Crippen LogP contribution in [0.4, 0.5) is 4.79 Å². The molecule has 1 aliphatic rings. The third-order valence-electron chi connectivity index (χ3n) is 5.94. The molecule has 4 rings (SSSR count). The van der Waals surface area contributed by atoms with Gasteiger partial charge < -0.3 is 25.0 Å². The number of aromatic nitrogens is 1. The van der Waals surface area contributed by atoms with E-state index < -0.39 is 24.3 Å². The van der Waals surface area contributed by atoms with Crippen molar-refractivity contribution in [2.45, 2.75) is 24.5 Å². The summed E-state index contributed by atoms with van der Waals surface area (Å²) >= 11 is 0. The van der Waals surface area contributed by atoms with E-state index in [1.165, 1.54) is 25.4 Å². The van der Waals surface area contributed by atoms with E-state index in [9.17, 15) is 19.8 Å². The summed E-state index contributed by atoms with van der Waals surface area (Å²) in [4.78, 5) is 27.6. The summed E-state index contributed by atoms with van der Waals surface area (Å²) in [6.07, 6.45) is -1.54. The molecule has 1 aromatic heterocycles. The quantitative estimate of drug-likeness (QED) is 0.440. The minimum atomic E-state index is -1.22. The monoisotopic (exact) mass is 462 g/mol. The number of aliphatic hydroxyl groups excluding tert-OH is 2. The van der Waals surface area contributed by atoms with Crippen LogP contribution in [0.3, 0.4) is 0 Å². The van der Waals surface area contributed by atoms with Crippen molar-refractivity contribution in [3.05, 3.63) is 89.2 Å². The minimum absolute atomic E-state index is 0.0361. The molecule has 8 nitrogen and oxygen atoms in total. The van der Waals surface area contributed by atoms with Gasteiger partial charge in [0.15, 0.2) is 0 Å². The number of aliphatic hydroxyl groups is 2. The number of amides is 1. The Morgan fingerprint density at radius 3 is 2.24 bits per heavy atom. The van der Waals surface area contributed by atoms with Crippen molar-refractivity contribution in [3.63, 3.8) is 0 Å². The van der Waals surface area contributed by atoms with E-state index in [0.717, 1.165) is 22.3 Å². The summed E-state index contributed by atoms with van der Waals surface area (Å²) in [7, 11) is 1.25. The number of rotatable bonds is 8. The van der Waals surface area contributed by atoms with Gasteiger partial charge in [-0.25, -0.2) is 14.6 Å². The lowest BCUT2D eigenvalue weighted by molar-refractivity contribution is 0.0134. The molecule has 1 amide bonds. The van der Waals surface area contributed by atoms with Gasteiger partial charge in [-0.2, -0.15) is 0 Å². The summed E-state index contributed by atoms with van der Waals surface area (Å²) < 4.78 is 10.0. The molecule has 0 radical (unpaired) electrons. The number of fused-ring (bicyclic) bond motifs is 3. The smallest absolute Gasteiger partial charge is 0.407 e. The van der Waals surface area contributed by atoms with Crippen LogP contribution in [-0.2, 0) is 9.47 Å². The molecule has 0 spiro atoms. The molecular formula is C26H26N2O6. The zero-order valence-electron chi connectivity index (χ0n) is 18.7. The van der Waals surface area contributed by atoms with Crippen LogP contribution in [0.5, 0.6) is 0 Å². The second-order valence-corrected chi connectivity index (χ2v) is 8.02. The summed E-state index contributed by atoms with van der Waals surface area (Å²) in [5.41, 5.74) is 5.01. The number of carbonyl (C=O) groups is 2. The molecule has 1 heterocycles. The highest BCUT2D eigenvalue weighted by Crippen LogP contribution is 2.44. The standard InChI is InChI=1S/C26H26N2O6/c1-33-25(31)22-11-10-16(14-28-22)24(30)23(29)12-13-27-26(32)34-15-21-19-8-4-2-6-17(19)18-7-3-5-9-20(18)21/h2-11,14,21,23-24,29-30H,12-13,15H2,1H3,(H,27,32). The maximum atomic E-state index is 12.2. The van der Waals surface area contributed by atoms with Crippen LogP contribution in [0.25, 0.3) is 11.1 Å². The number of alkyl carbamates (subject to hydrolysis) is 1. The maximum Gasteiger partial charge on any atom is 0.407 e. The Hall–Kier alpha value is -3.75. The van der Waals surface area contributed by atoms with E-state index in [0.29, 0.717) is 5.56 Å². The van der Waals surface area contributed by atoms with E-state index in [2.05, 4.69) is 27.2 Å². The van der Waals surface area contributed by atoms with Gasteiger partial charge in [-0.05, 0) is 34.7 Å². The first-order valence-electron chi connectivity index (χ1n) is 11.0. The van der Waals surface area contributed by atoms with E-state index in [1.54, 1.807) is 0 Å². The third kappa shape index (κ3) is 4.93. The molecule has 8 heteroatoms. The molecule has 0 saturated heterocycles. The number of benzene rings is 2. The van der Waals surface area contributed by atoms with Crippen molar-refractivity contribution in [1.29, 1.82) is 0 Å². The predicted molar refractivity (Wildman–Crippen MR) is 124 cm³/mol. The van der Waals surface area contributed by atoms with E-state index in [4.69, 9.17) is 4.74 Å². The third-order valence-corrected chi connectivity index (χ3v) is 5.94. The van der Waals surface area contributed by atoms with Crippen LogP contribution >= 0.6 is 0 Å². The first-order valence-corrected chi connectivity index (χ1v) is 11.0. The van der Waals surface area contributed by atoms with Crippen molar-refractivity contribution in [2.24, 2.45) is 0 Å². The average molecular weight is 463 g/mol. The molecule has 176 valence electrons. The molecule has 2 unspecified atom stereocenters. The maximum absolute atomic E-state index is 12.2. The van der Waals surface area contributed by atoms with Crippen LogP contribution in [0.1, 0.15) is 45.6 Å². The lowest BCUT2D eigenvalue weighted by Crippen LogP contribution is -2.30. The average Bonchev–Trinajstić information content (AvgIpc) is 3.20. The molecule has 3 N–H and O–H groups in total. The number of carbonyl (C=O) groups excluding carboxylic acids is 2. The Labute approximate surface area is 197 Å². The lowest BCUT2D eigenvalue weighted by Gasteiger charge is -2.18. The molecule has 34 heavy (non-hydrogen) atoms. The van der Waals surface area contributed by atoms with Gasteiger partial charge in [0.05, 0.1) is 13.2 Å². The van der Waals surface area contributed by atoms with Crippen molar-refractivity contribution < 1.29 is 29.3 Å². The van der Waals surface area contributed by atoms with E-state index >= 15 is 0 Å². The van der Waals surface area contributed by atoms with Crippen molar-refractivity contribution >= 4 is 12.1 Å². The highest BCUT2D eigenvalue weighted by atomic mass is 16.5. The second kappa shape index (κ2) is 10.5. The van der Waals surface area contributed by atoms with Crippen LogP contribution < -0.4 is 5.32 Å². The van der Waals surface area contributed by atoms with E-state index in [-0.39, 0.29) is 31.2 Å². The normalized spacial score (nSPS) is 14.0. The fraction of sp³-hybridized carbons (Fsp3) is 0.269. The number of hydrogen-bond donors (Lipinski definition) is 3. The Bertz CT molecular complexity index is 1120.